The quantitative estimate of drug-likeness (QED) is 0.868. The van der Waals surface area contributed by atoms with Gasteiger partial charge < -0.3 is 10.4 Å². The number of hydrogen-bond acceptors (Lipinski definition) is 2. The third-order valence-electron chi connectivity index (χ3n) is 4.76. The zero-order valence-corrected chi connectivity index (χ0v) is 12.5. The van der Waals surface area contributed by atoms with Crippen molar-refractivity contribution < 1.29 is 9.90 Å². The van der Waals surface area contributed by atoms with Crippen molar-refractivity contribution in [3.8, 4) is 0 Å². The van der Waals surface area contributed by atoms with E-state index in [0.717, 1.165) is 37.7 Å². The average Bonchev–Trinajstić information content (AvgIpc) is 2.99. The first-order valence-electron chi connectivity index (χ1n) is 7.55. The number of carbonyl (C=O) groups excluding carboxylic acids is 1. The molecule has 0 spiro atoms. The molecule has 1 aromatic rings. The maximum Gasteiger partial charge on any atom is 0.231 e. The molecule has 110 valence electrons. The highest BCUT2D eigenvalue weighted by atomic mass is 16.3. The Balaban J connectivity index is 2.28. The van der Waals surface area contributed by atoms with Crippen molar-refractivity contribution in [2.24, 2.45) is 0 Å². The van der Waals surface area contributed by atoms with E-state index >= 15 is 0 Å². The molecule has 2 rings (SSSR count). The van der Waals surface area contributed by atoms with E-state index in [2.05, 4.69) is 5.32 Å². The Bertz CT molecular complexity index is 445. The molecule has 1 amide bonds. The molecule has 0 heterocycles. The maximum absolute atomic E-state index is 12.9. The van der Waals surface area contributed by atoms with E-state index in [1.807, 2.05) is 44.2 Å². The number of hydrogen-bond donors (Lipinski definition) is 2. The van der Waals surface area contributed by atoms with E-state index in [9.17, 15) is 9.90 Å². The SMILES string of the molecule is CCC(C)(CO)NC(=O)C1(c2ccccc2)CCCC1. The minimum atomic E-state index is -0.526. The first-order valence-corrected chi connectivity index (χ1v) is 7.55. The summed E-state index contributed by atoms with van der Waals surface area (Å²) in [5.41, 5.74) is 0.167. The number of rotatable bonds is 5. The summed E-state index contributed by atoms with van der Waals surface area (Å²) >= 11 is 0. The highest BCUT2D eigenvalue weighted by Crippen LogP contribution is 2.41. The standard InChI is InChI=1S/C17H25NO2/c1-3-16(2,13-19)18-15(20)17(11-7-8-12-17)14-9-5-4-6-10-14/h4-6,9-10,19H,3,7-8,11-13H2,1-2H3,(H,18,20). The fourth-order valence-electron chi connectivity index (χ4n) is 3.02. The molecule has 0 aromatic heterocycles. The molecule has 1 unspecified atom stereocenters. The number of aliphatic hydroxyl groups is 1. The number of aliphatic hydroxyl groups excluding tert-OH is 1. The van der Waals surface area contributed by atoms with Gasteiger partial charge in [-0.25, -0.2) is 0 Å². The largest absolute Gasteiger partial charge is 0.394 e. The van der Waals surface area contributed by atoms with Gasteiger partial charge in [0.2, 0.25) is 5.91 Å². The zero-order chi connectivity index (χ0) is 14.6. The number of carbonyl (C=O) groups is 1. The van der Waals surface area contributed by atoms with Crippen LogP contribution in [0, 0.1) is 0 Å². The molecule has 20 heavy (non-hydrogen) atoms. The van der Waals surface area contributed by atoms with Gasteiger partial charge in [0.1, 0.15) is 0 Å². The summed E-state index contributed by atoms with van der Waals surface area (Å²) < 4.78 is 0. The van der Waals surface area contributed by atoms with E-state index in [1.165, 1.54) is 0 Å². The van der Waals surface area contributed by atoms with E-state index < -0.39 is 11.0 Å². The maximum atomic E-state index is 12.9. The fraction of sp³-hybridized carbons (Fsp3) is 0.588. The first-order chi connectivity index (χ1) is 9.56. The highest BCUT2D eigenvalue weighted by molar-refractivity contribution is 5.89. The van der Waals surface area contributed by atoms with Crippen LogP contribution >= 0.6 is 0 Å². The highest BCUT2D eigenvalue weighted by Gasteiger charge is 2.44. The number of benzene rings is 1. The minimum Gasteiger partial charge on any atom is -0.394 e. The summed E-state index contributed by atoms with van der Waals surface area (Å²) in [5.74, 6) is 0.0691. The van der Waals surface area contributed by atoms with Crippen LogP contribution in [0.4, 0.5) is 0 Å². The van der Waals surface area contributed by atoms with E-state index in [1.54, 1.807) is 0 Å². The van der Waals surface area contributed by atoms with Gasteiger partial charge in [-0.15, -0.1) is 0 Å². The molecule has 1 aliphatic rings. The van der Waals surface area contributed by atoms with Gasteiger partial charge in [-0.1, -0.05) is 50.1 Å². The van der Waals surface area contributed by atoms with Crippen molar-refractivity contribution in [2.75, 3.05) is 6.61 Å². The number of nitrogens with one attached hydrogen (secondary N) is 1. The molecule has 0 saturated heterocycles. The summed E-state index contributed by atoms with van der Waals surface area (Å²) in [7, 11) is 0. The van der Waals surface area contributed by atoms with Crippen LogP contribution in [0.1, 0.15) is 51.5 Å². The van der Waals surface area contributed by atoms with Crippen LogP contribution in [0.25, 0.3) is 0 Å². The molecule has 0 radical (unpaired) electrons. The van der Waals surface area contributed by atoms with Crippen LogP contribution < -0.4 is 5.32 Å². The summed E-state index contributed by atoms with van der Waals surface area (Å²) in [6.45, 7) is 3.86. The first kappa shape index (κ1) is 15.0. The van der Waals surface area contributed by atoms with Gasteiger partial charge in [0.15, 0.2) is 0 Å². The molecule has 1 saturated carbocycles. The van der Waals surface area contributed by atoms with Crippen molar-refractivity contribution in [2.45, 2.75) is 56.9 Å². The lowest BCUT2D eigenvalue weighted by molar-refractivity contribution is -0.129. The van der Waals surface area contributed by atoms with Crippen LogP contribution in [0.3, 0.4) is 0 Å². The van der Waals surface area contributed by atoms with Crippen LogP contribution in [-0.2, 0) is 10.2 Å². The second-order valence-corrected chi connectivity index (χ2v) is 6.18. The lowest BCUT2D eigenvalue weighted by Gasteiger charge is -2.35. The predicted molar refractivity (Wildman–Crippen MR) is 80.5 cm³/mol. The van der Waals surface area contributed by atoms with Crippen LogP contribution in [0.2, 0.25) is 0 Å². The minimum absolute atomic E-state index is 0.0277. The molecule has 0 aliphatic heterocycles. The Morgan fingerprint density at radius 1 is 1.30 bits per heavy atom. The molecule has 1 fully saturated rings. The van der Waals surface area contributed by atoms with Crippen LogP contribution in [0.5, 0.6) is 0 Å². The predicted octanol–water partition coefficient (Wildman–Crippen LogP) is 2.78. The molecule has 0 bridgehead atoms. The van der Waals surface area contributed by atoms with Gasteiger partial charge in [0.25, 0.3) is 0 Å². The Hall–Kier alpha value is -1.35. The van der Waals surface area contributed by atoms with Crippen LogP contribution in [-0.4, -0.2) is 23.2 Å². The Morgan fingerprint density at radius 2 is 1.90 bits per heavy atom. The molecule has 3 heteroatoms. The van der Waals surface area contributed by atoms with Gasteiger partial charge in [-0.3, -0.25) is 4.79 Å². The smallest absolute Gasteiger partial charge is 0.231 e. The molecule has 2 N–H and O–H groups in total. The Labute approximate surface area is 121 Å². The van der Waals surface area contributed by atoms with Crippen molar-refractivity contribution in [1.82, 2.24) is 5.32 Å². The topological polar surface area (TPSA) is 49.3 Å². The summed E-state index contributed by atoms with van der Waals surface area (Å²) in [6, 6.07) is 10.1. The van der Waals surface area contributed by atoms with E-state index in [-0.39, 0.29) is 12.5 Å². The summed E-state index contributed by atoms with van der Waals surface area (Å²) in [4.78, 5) is 12.9. The van der Waals surface area contributed by atoms with Gasteiger partial charge in [0.05, 0.1) is 17.6 Å². The second kappa shape index (κ2) is 5.96. The fourth-order valence-corrected chi connectivity index (χ4v) is 3.02. The molecule has 1 atom stereocenters. The lowest BCUT2D eigenvalue weighted by Crippen LogP contribution is -2.54. The van der Waals surface area contributed by atoms with E-state index in [0.29, 0.717) is 0 Å². The van der Waals surface area contributed by atoms with E-state index in [4.69, 9.17) is 0 Å². The number of amides is 1. The third-order valence-corrected chi connectivity index (χ3v) is 4.76. The van der Waals surface area contributed by atoms with Crippen molar-refractivity contribution >= 4 is 5.91 Å². The van der Waals surface area contributed by atoms with Gasteiger partial charge in [0, 0.05) is 0 Å². The van der Waals surface area contributed by atoms with Crippen molar-refractivity contribution in [3.63, 3.8) is 0 Å². The molecular weight excluding hydrogens is 250 g/mol. The molecular formula is C17H25NO2. The van der Waals surface area contributed by atoms with Crippen molar-refractivity contribution in [1.29, 1.82) is 0 Å². The van der Waals surface area contributed by atoms with Gasteiger partial charge in [-0.05, 0) is 31.7 Å². The van der Waals surface area contributed by atoms with Gasteiger partial charge >= 0.3 is 0 Å². The monoisotopic (exact) mass is 275 g/mol. The lowest BCUT2D eigenvalue weighted by atomic mass is 9.77. The zero-order valence-electron chi connectivity index (χ0n) is 12.5. The normalized spacial score (nSPS) is 20.4. The molecule has 3 nitrogen and oxygen atoms in total. The molecule has 1 aliphatic carbocycles. The summed E-state index contributed by atoms with van der Waals surface area (Å²) in [6.07, 6.45) is 4.69. The molecule has 1 aromatic carbocycles. The van der Waals surface area contributed by atoms with Crippen molar-refractivity contribution in [3.05, 3.63) is 35.9 Å². The van der Waals surface area contributed by atoms with Crippen LogP contribution in [0.15, 0.2) is 30.3 Å². The Morgan fingerprint density at radius 3 is 2.40 bits per heavy atom. The second-order valence-electron chi connectivity index (χ2n) is 6.18. The summed E-state index contributed by atoms with van der Waals surface area (Å²) in [5, 5.41) is 12.6. The van der Waals surface area contributed by atoms with Gasteiger partial charge in [-0.2, -0.15) is 0 Å². The Kier molecular flexibility index (Phi) is 4.48. The third kappa shape index (κ3) is 2.73. The average molecular weight is 275 g/mol.